The Labute approximate surface area is 75.2 Å². The van der Waals surface area contributed by atoms with Crippen molar-refractivity contribution in [3.63, 3.8) is 0 Å². The first-order chi connectivity index (χ1) is 6.40. The highest BCUT2D eigenvalue weighted by molar-refractivity contribution is 5.56. The molecule has 0 fully saturated rings. The van der Waals surface area contributed by atoms with Crippen molar-refractivity contribution >= 4 is 0 Å². The van der Waals surface area contributed by atoms with Gasteiger partial charge in [0.15, 0.2) is 0 Å². The lowest BCUT2D eigenvalue weighted by atomic mass is 10.2. The average molecular weight is 176 g/mol. The van der Waals surface area contributed by atoms with Crippen molar-refractivity contribution < 1.29 is 9.26 Å². The highest BCUT2D eigenvalue weighted by Crippen LogP contribution is 2.17. The summed E-state index contributed by atoms with van der Waals surface area (Å²) in [7, 11) is 1.58. The third-order valence-electron chi connectivity index (χ3n) is 1.68. The molecule has 66 valence electrons. The molecule has 2 aromatic heterocycles. The summed E-state index contributed by atoms with van der Waals surface area (Å²) in [5, 5.41) is 3.79. The molecule has 0 aliphatic carbocycles. The minimum atomic E-state index is 0.590. The molecule has 0 bridgehead atoms. The minimum absolute atomic E-state index is 0.590. The van der Waals surface area contributed by atoms with Gasteiger partial charge in [-0.3, -0.25) is 0 Å². The first-order valence-electron chi connectivity index (χ1n) is 3.81. The van der Waals surface area contributed by atoms with Gasteiger partial charge in [-0.05, 0) is 6.07 Å². The molecule has 0 N–H and O–H groups in total. The summed E-state index contributed by atoms with van der Waals surface area (Å²) < 4.78 is 9.65. The van der Waals surface area contributed by atoms with Crippen LogP contribution in [-0.4, -0.2) is 17.3 Å². The molecule has 4 nitrogen and oxygen atoms in total. The average Bonchev–Trinajstić information content (AvgIpc) is 2.71. The van der Waals surface area contributed by atoms with Crippen LogP contribution in [0.4, 0.5) is 0 Å². The summed E-state index contributed by atoms with van der Waals surface area (Å²) in [6.07, 6.45) is 3.22. The molecule has 0 aliphatic heterocycles. The Balaban J connectivity index is 2.33. The van der Waals surface area contributed by atoms with Crippen molar-refractivity contribution in [2.75, 3.05) is 7.11 Å². The topological polar surface area (TPSA) is 48.2 Å². The first kappa shape index (κ1) is 7.79. The van der Waals surface area contributed by atoms with E-state index in [4.69, 9.17) is 9.26 Å². The lowest BCUT2D eigenvalue weighted by Gasteiger charge is -1.98. The van der Waals surface area contributed by atoms with Gasteiger partial charge in [-0.1, -0.05) is 5.16 Å². The molecule has 0 saturated heterocycles. The Morgan fingerprint density at radius 2 is 2.23 bits per heavy atom. The molecule has 4 heteroatoms. The van der Waals surface area contributed by atoms with Crippen LogP contribution in [0, 0.1) is 0 Å². The number of nitrogens with zero attached hydrogens (tertiary/aromatic N) is 2. The van der Waals surface area contributed by atoms with Crippen LogP contribution in [0.3, 0.4) is 0 Å². The van der Waals surface area contributed by atoms with E-state index in [0.717, 1.165) is 11.3 Å². The highest BCUT2D eigenvalue weighted by Gasteiger charge is 2.00. The molecule has 2 heterocycles. The van der Waals surface area contributed by atoms with Crippen LogP contribution in [-0.2, 0) is 0 Å². The summed E-state index contributed by atoms with van der Waals surface area (Å²) in [5.41, 5.74) is 1.68. The van der Waals surface area contributed by atoms with Crippen LogP contribution in [0.2, 0.25) is 0 Å². The molecule has 0 aliphatic rings. The molecular weight excluding hydrogens is 168 g/mol. The Morgan fingerprint density at radius 1 is 1.31 bits per heavy atom. The maximum atomic E-state index is 4.93. The summed E-state index contributed by atoms with van der Waals surface area (Å²) in [6.45, 7) is 0. The second-order valence-electron chi connectivity index (χ2n) is 2.47. The molecule has 0 unspecified atom stereocenters. The Bertz CT molecular complexity index is 367. The SMILES string of the molecule is COc1ccc(-c2ccon2)cn1. The first-order valence-corrected chi connectivity index (χ1v) is 3.81. The molecule has 0 atom stereocenters. The van der Waals surface area contributed by atoms with Gasteiger partial charge >= 0.3 is 0 Å². The van der Waals surface area contributed by atoms with E-state index in [2.05, 4.69) is 10.1 Å². The van der Waals surface area contributed by atoms with E-state index in [9.17, 15) is 0 Å². The van der Waals surface area contributed by atoms with Crippen LogP contribution in [0.25, 0.3) is 11.3 Å². The van der Waals surface area contributed by atoms with Crippen molar-refractivity contribution in [3.05, 3.63) is 30.7 Å². The Hall–Kier alpha value is -1.84. The zero-order chi connectivity index (χ0) is 9.10. The summed E-state index contributed by atoms with van der Waals surface area (Å²) in [5.74, 6) is 0.590. The van der Waals surface area contributed by atoms with E-state index in [1.807, 2.05) is 6.07 Å². The fourth-order valence-electron chi connectivity index (χ4n) is 1.01. The number of rotatable bonds is 2. The number of hydrogen-bond acceptors (Lipinski definition) is 4. The van der Waals surface area contributed by atoms with E-state index in [1.54, 1.807) is 25.4 Å². The fraction of sp³-hybridized carbons (Fsp3) is 0.111. The van der Waals surface area contributed by atoms with Crippen LogP contribution < -0.4 is 4.74 Å². The van der Waals surface area contributed by atoms with E-state index >= 15 is 0 Å². The highest BCUT2D eigenvalue weighted by atomic mass is 16.5. The van der Waals surface area contributed by atoms with Gasteiger partial charge in [0.25, 0.3) is 0 Å². The third-order valence-corrected chi connectivity index (χ3v) is 1.68. The maximum Gasteiger partial charge on any atom is 0.212 e. The fourth-order valence-corrected chi connectivity index (χ4v) is 1.01. The molecule has 13 heavy (non-hydrogen) atoms. The largest absolute Gasteiger partial charge is 0.481 e. The van der Waals surface area contributed by atoms with Crippen molar-refractivity contribution in [1.29, 1.82) is 0 Å². The van der Waals surface area contributed by atoms with Gasteiger partial charge in [0, 0.05) is 23.9 Å². The minimum Gasteiger partial charge on any atom is -0.481 e. The van der Waals surface area contributed by atoms with Crippen molar-refractivity contribution in [3.8, 4) is 17.1 Å². The van der Waals surface area contributed by atoms with Crippen LogP contribution >= 0.6 is 0 Å². The van der Waals surface area contributed by atoms with Gasteiger partial charge < -0.3 is 9.26 Å². The third kappa shape index (κ3) is 1.51. The predicted octanol–water partition coefficient (Wildman–Crippen LogP) is 1.75. The lowest BCUT2D eigenvalue weighted by Crippen LogP contribution is -1.86. The molecule has 0 saturated carbocycles. The van der Waals surface area contributed by atoms with Gasteiger partial charge in [0.2, 0.25) is 5.88 Å². The molecule has 2 rings (SSSR count). The van der Waals surface area contributed by atoms with Gasteiger partial charge in [0.1, 0.15) is 12.0 Å². The lowest BCUT2D eigenvalue weighted by molar-refractivity contribution is 0.398. The monoisotopic (exact) mass is 176 g/mol. The Kier molecular flexibility index (Phi) is 1.96. The summed E-state index contributed by atoms with van der Waals surface area (Å²) in [6, 6.07) is 5.44. The summed E-state index contributed by atoms with van der Waals surface area (Å²) in [4.78, 5) is 4.05. The Morgan fingerprint density at radius 3 is 2.77 bits per heavy atom. The zero-order valence-corrected chi connectivity index (χ0v) is 7.10. The number of hydrogen-bond donors (Lipinski definition) is 0. The maximum absolute atomic E-state index is 4.93. The second kappa shape index (κ2) is 3.26. The van der Waals surface area contributed by atoms with E-state index in [-0.39, 0.29) is 0 Å². The van der Waals surface area contributed by atoms with E-state index in [0.29, 0.717) is 5.88 Å². The van der Waals surface area contributed by atoms with Gasteiger partial charge in [-0.15, -0.1) is 0 Å². The number of aromatic nitrogens is 2. The standard InChI is InChI=1S/C9H8N2O2/c1-12-9-3-2-7(6-10-9)8-4-5-13-11-8/h2-6H,1H3. The zero-order valence-electron chi connectivity index (χ0n) is 7.10. The quantitative estimate of drug-likeness (QED) is 0.699. The van der Waals surface area contributed by atoms with Gasteiger partial charge in [-0.2, -0.15) is 0 Å². The van der Waals surface area contributed by atoms with E-state index in [1.165, 1.54) is 6.26 Å². The smallest absolute Gasteiger partial charge is 0.212 e. The molecule has 0 aromatic carbocycles. The number of pyridine rings is 1. The summed E-state index contributed by atoms with van der Waals surface area (Å²) >= 11 is 0. The number of ether oxygens (including phenoxy) is 1. The second-order valence-corrected chi connectivity index (χ2v) is 2.47. The van der Waals surface area contributed by atoms with Gasteiger partial charge in [0.05, 0.1) is 7.11 Å². The molecule has 0 spiro atoms. The molecule has 0 radical (unpaired) electrons. The predicted molar refractivity (Wildman–Crippen MR) is 46.3 cm³/mol. The van der Waals surface area contributed by atoms with Crippen molar-refractivity contribution in [1.82, 2.24) is 10.1 Å². The van der Waals surface area contributed by atoms with Crippen molar-refractivity contribution in [2.45, 2.75) is 0 Å². The van der Waals surface area contributed by atoms with E-state index < -0.39 is 0 Å². The number of methoxy groups -OCH3 is 1. The molecule has 0 amide bonds. The molecule has 2 aromatic rings. The van der Waals surface area contributed by atoms with Gasteiger partial charge in [-0.25, -0.2) is 4.98 Å². The van der Waals surface area contributed by atoms with Crippen LogP contribution in [0.5, 0.6) is 5.88 Å². The van der Waals surface area contributed by atoms with Crippen LogP contribution in [0.15, 0.2) is 35.2 Å². The molecular formula is C9H8N2O2. The normalized spacial score (nSPS) is 9.92. The van der Waals surface area contributed by atoms with Crippen molar-refractivity contribution in [2.24, 2.45) is 0 Å². The van der Waals surface area contributed by atoms with Crippen LogP contribution in [0.1, 0.15) is 0 Å².